The summed E-state index contributed by atoms with van der Waals surface area (Å²) in [5, 5.41) is 0. The third kappa shape index (κ3) is 3.49. The van der Waals surface area contributed by atoms with Gasteiger partial charge in [-0.3, -0.25) is 9.97 Å². The van der Waals surface area contributed by atoms with Gasteiger partial charge >= 0.3 is 0 Å². The van der Waals surface area contributed by atoms with Crippen LogP contribution in [0.1, 0.15) is 0 Å². The average Bonchev–Trinajstić information content (AvgIpc) is 2.69. The summed E-state index contributed by atoms with van der Waals surface area (Å²) in [6, 6.07) is 11.8. The summed E-state index contributed by atoms with van der Waals surface area (Å²) in [6.45, 7) is 4.00. The molecule has 0 aromatic carbocycles. The van der Waals surface area contributed by atoms with Gasteiger partial charge in [0.1, 0.15) is 11.5 Å². The molecule has 1 aliphatic heterocycles. The number of piperazine rings is 1. The Morgan fingerprint density at radius 2 is 1.64 bits per heavy atom. The molecular weight excluding hydrogens is 312 g/mol. The first-order valence-electron chi connectivity index (χ1n) is 8.44. The normalized spacial score (nSPS) is 15.3. The highest BCUT2D eigenvalue weighted by atomic mass is 15.3. The smallest absolute Gasteiger partial charge is 0.180 e. The molecule has 6 heteroatoms. The van der Waals surface area contributed by atoms with Crippen LogP contribution in [0, 0.1) is 0 Å². The topological polar surface area (TPSA) is 58.0 Å². The van der Waals surface area contributed by atoms with E-state index < -0.39 is 0 Å². The number of aromatic nitrogens is 4. The fourth-order valence-electron chi connectivity index (χ4n) is 2.91. The van der Waals surface area contributed by atoms with E-state index in [4.69, 9.17) is 9.97 Å². The summed E-state index contributed by atoms with van der Waals surface area (Å²) in [7, 11) is 2.15. The minimum atomic E-state index is 0.656. The van der Waals surface area contributed by atoms with Gasteiger partial charge in [0, 0.05) is 56.4 Å². The lowest BCUT2D eigenvalue weighted by molar-refractivity contribution is 0.312. The van der Waals surface area contributed by atoms with E-state index in [1.807, 2.05) is 30.3 Å². The van der Waals surface area contributed by atoms with E-state index in [1.165, 1.54) is 0 Å². The molecule has 3 aromatic heterocycles. The standard InChI is InChI=1S/C19H20N6/c1-24-10-12-25(13-11-24)18-14-17(15-5-8-20-9-6-15)22-19(23-18)16-4-2-3-7-21-16/h2-9,14H,10-13H2,1H3. The SMILES string of the molecule is CN1CCN(c2cc(-c3ccncc3)nc(-c3ccccn3)n2)CC1. The lowest BCUT2D eigenvalue weighted by Gasteiger charge is -2.33. The number of likely N-dealkylation sites (N-methyl/N-ethyl adjacent to an activating group) is 1. The van der Waals surface area contributed by atoms with Gasteiger partial charge in [-0.25, -0.2) is 9.97 Å². The fourth-order valence-corrected chi connectivity index (χ4v) is 2.91. The van der Waals surface area contributed by atoms with E-state index in [1.54, 1.807) is 18.6 Å². The first-order chi connectivity index (χ1) is 12.3. The first kappa shape index (κ1) is 15.7. The van der Waals surface area contributed by atoms with Gasteiger partial charge in [-0.15, -0.1) is 0 Å². The number of anilines is 1. The molecule has 0 atom stereocenters. The Morgan fingerprint density at radius 3 is 2.36 bits per heavy atom. The van der Waals surface area contributed by atoms with Crippen molar-refractivity contribution in [1.29, 1.82) is 0 Å². The highest BCUT2D eigenvalue weighted by Gasteiger charge is 2.18. The van der Waals surface area contributed by atoms with Crippen LogP contribution in [0.2, 0.25) is 0 Å². The monoisotopic (exact) mass is 332 g/mol. The van der Waals surface area contributed by atoms with Crippen molar-refractivity contribution in [2.75, 3.05) is 38.1 Å². The summed E-state index contributed by atoms with van der Waals surface area (Å²) in [4.78, 5) is 22.7. The molecule has 25 heavy (non-hydrogen) atoms. The molecule has 3 aromatic rings. The minimum Gasteiger partial charge on any atom is -0.354 e. The molecule has 4 heterocycles. The van der Waals surface area contributed by atoms with Crippen LogP contribution >= 0.6 is 0 Å². The number of pyridine rings is 2. The van der Waals surface area contributed by atoms with Crippen LogP contribution in [0.15, 0.2) is 55.0 Å². The Kier molecular flexibility index (Phi) is 4.35. The molecule has 0 unspecified atom stereocenters. The number of hydrogen-bond donors (Lipinski definition) is 0. The summed E-state index contributed by atoms with van der Waals surface area (Å²) >= 11 is 0. The second-order valence-corrected chi connectivity index (χ2v) is 6.18. The summed E-state index contributed by atoms with van der Waals surface area (Å²) in [5.41, 5.74) is 2.71. The van der Waals surface area contributed by atoms with E-state index in [-0.39, 0.29) is 0 Å². The van der Waals surface area contributed by atoms with Crippen LogP contribution in [0.3, 0.4) is 0 Å². The van der Waals surface area contributed by atoms with E-state index in [0.717, 1.165) is 48.9 Å². The van der Waals surface area contributed by atoms with Crippen LogP contribution in [-0.2, 0) is 0 Å². The molecule has 4 rings (SSSR count). The van der Waals surface area contributed by atoms with Crippen molar-refractivity contribution < 1.29 is 0 Å². The van der Waals surface area contributed by atoms with Crippen molar-refractivity contribution in [2.24, 2.45) is 0 Å². The largest absolute Gasteiger partial charge is 0.354 e. The fraction of sp³-hybridized carbons (Fsp3) is 0.263. The third-order valence-corrected chi connectivity index (χ3v) is 4.41. The van der Waals surface area contributed by atoms with Gasteiger partial charge in [0.2, 0.25) is 0 Å². The molecule has 126 valence electrons. The maximum Gasteiger partial charge on any atom is 0.180 e. The Labute approximate surface area is 147 Å². The maximum atomic E-state index is 4.80. The summed E-state index contributed by atoms with van der Waals surface area (Å²) in [6.07, 6.45) is 5.34. The van der Waals surface area contributed by atoms with Crippen molar-refractivity contribution in [3.05, 3.63) is 55.0 Å². The van der Waals surface area contributed by atoms with Gasteiger partial charge in [-0.2, -0.15) is 0 Å². The molecule has 0 bridgehead atoms. The van der Waals surface area contributed by atoms with Crippen molar-refractivity contribution in [1.82, 2.24) is 24.8 Å². The Morgan fingerprint density at radius 1 is 0.840 bits per heavy atom. The Bertz CT molecular complexity index is 771. The zero-order valence-corrected chi connectivity index (χ0v) is 14.2. The minimum absolute atomic E-state index is 0.656. The summed E-state index contributed by atoms with van der Waals surface area (Å²) in [5.74, 6) is 1.61. The van der Waals surface area contributed by atoms with Gasteiger partial charge in [0.05, 0.1) is 5.69 Å². The molecular formula is C19H20N6. The van der Waals surface area contributed by atoms with Crippen LogP contribution in [0.25, 0.3) is 22.8 Å². The molecule has 6 nitrogen and oxygen atoms in total. The summed E-state index contributed by atoms with van der Waals surface area (Å²) < 4.78 is 0. The number of nitrogens with zero attached hydrogens (tertiary/aromatic N) is 6. The van der Waals surface area contributed by atoms with Gasteiger partial charge in [-0.1, -0.05) is 6.07 Å². The zero-order valence-electron chi connectivity index (χ0n) is 14.2. The maximum absolute atomic E-state index is 4.80. The van der Waals surface area contributed by atoms with E-state index >= 15 is 0 Å². The lowest BCUT2D eigenvalue weighted by atomic mass is 10.1. The molecule has 1 aliphatic rings. The Hall–Kier alpha value is -2.86. The van der Waals surface area contributed by atoms with Crippen LogP contribution in [0.5, 0.6) is 0 Å². The van der Waals surface area contributed by atoms with Gasteiger partial charge < -0.3 is 9.80 Å². The predicted molar refractivity (Wildman–Crippen MR) is 98.2 cm³/mol. The van der Waals surface area contributed by atoms with E-state index in [2.05, 4.69) is 32.9 Å². The van der Waals surface area contributed by atoms with Crippen LogP contribution in [0.4, 0.5) is 5.82 Å². The number of hydrogen-bond acceptors (Lipinski definition) is 6. The van der Waals surface area contributed by atoms with E-state index in [9.17, 15) is 0 Å². The van der Waals surface area contributed by atoms with Crippen LogP contribution in [-0.4, -0.2) is 58.1 Å². The average molecular weight is 332 g/mol. The molecule has 0 radical (unpaired) electrons. The van der Waals surface area contributed by atoms with Crippen LogP contribution < -0.4 is 4.90 Å². The van der Waals surface area contributed by atoms with E-state index in [0.29, 0.717) is 5.82 Å². The Balaban J connectivity index is 1.78. The van der Waals surface area contributed by atoms with Crippen molar-refractivity contribution >= 4 is 5.82 Å². The second-order valence-electron chi connectivity index (χ2n) is 6.18. The quantitative estimate of drug-likeness (QED) is 0.734. The van der Waals surface area contributed by atoms with Crippen molar-refractivity contribution in [2.45, 2.75) is 0 Å². The third-order valence-electron chi connectivity index (χ3n) is 4.41. The molecule has 0 saturated carbocycles. The predicted octanol–water partition coefficient (Wildman–Crippen LogP) is 2.35. The molecule has 0 amide bonds. The van der Waals surface area contributed by atoms with Crippen molar-refractivity contribution in [3.63, 3.8) is 0 Å². The first-order valence-corrected chi connectivity index (χ1v) is 8.44. The zero-order chi connectivity index (χ0) is 17.1. The molecule has 0 N–H and O–H groups in total. The molecule has 1 fully saturated rings. The van der Waals surface area contributed by atoms with Crippen molar-refractivity contribution in [3.8, 4) is 22.8 Å². The molecule has 0 aliphatic carbocycles. The van der Waals surface area contributed by atoms with Gasteiger partial charge in [-0.05, 0) is 31.3 Å². The lowest BCUT2D eigenvalue weighted by Crippen LogP contribution is -2.44. The molecule has 1 saturated heterocycles. The van der Waals surface area contributed by atoms with Gasteiger partial charge in [0.15, 0.2) is 5.82 Å². The number of rotatable bonds is 3. The molecule has 0 spiro atoms. The highest BCUT2D eigenvalue weighted by molar-refractivity contribution is 5.66. The second kappa shape index (κ2) is 6.94. The van der Waals surface area contributed by atoms with Gasteiger partial charge in [0.25, 0.3) is 0 Å². The highest BCUT2D eigenvalue weighted by Crippen LogP contribution is 2.25.